The van der Waals surface area contributed by atoms with Gasteiger partial charge in [0.15, 0.2) is 0 Å². The highest BCUT2D eigenvalue weighted by atomic mass is 19.3. The second kappa shape index (κ2) is 8.76. The first kappa shape index (κ1) is 24.0. The van der Waals surface area contributed by atoms with Gasteiger partial charge < -0.3 is 16.0 Å². The lowest BCUT2D eigenvalue weighted by atomic mass is 9.91. The Hall–Kier alpha value is -2.68. The molecule has 3 aliphatic rings. The van der Waals surface area contributed by atoms with E-state index in [4.69, 9.17) is 5.73 Å². The number of alkyl halides is 2. The molecular weight excluding hydrogens is 460 g/mol. The number of anilines is 1. The van der Waals surface area contributed by atoms with E-state index in [-0.39, 0.29) is 43.2 Å². The van der Waals surface area contributed by atoms with Crippen molar-refractivity contribution in [2.45, 2.75) is 75.3 Å². The van der Waals surface area contributed by atoms with Crippen LogP contribution in [0.3, 0.4) is 0 Å². The van der Waals surface area contributed by atoms with Crippen LogP contribution in [0.25, 0.3) is 11.1 Å². The van der Waals surface area contributed by atoms with Gasteiger partial charge in [0.25, 0.3) is 5.91 Å². The molecule has 35 heavy (non-hydrogen) atoms. The zero-order valence-corrected chi connectivity index (χ0v) is 19.7. The summed E-state index contributed by atoms with van der Waals surface area (Å²) in [6.45, 7) is 2.96. The van der Waals surface area contributed by atoms with Crippen LogP contribution >= 0.6 is 0 Å². The van der Waals surface area contributed by atoms with Crippen molar-refractivity contribution in [2.24, 2.45) is 5.73 Å². The molecular formula is C26H30F4N4O. The summed E-state index contributed by atoms with van der Waals surface area (Å²) >= 11 is 0. The largest absolute Gasteiger partial charge is 0.368 e. The third kappa shape index (κ3) is 5.15. The number of amides is 1. The Bertz CT molecular complexity index is 1120. The summed E-state index contributed by atoms with van der Waals surface area (Å²) in [6.07, 6.45) is 3.86. The zero-order valence-electron chi connectivity index (χ0n) is 19.7. The van der Waals surface area contributed by atoms with Gasteiger partial charge in [-0.15, -0.1) is 0 Å². The first-order valence-electron chi connectivity index (χ1n) is 12.2. The third-order valence-corrected chi connectivity index (χ3v) is 7.31. The standard InChI is InChI=1S/C26H30F4N4O/c1-25(31)8-9-34(14-25)23-20(24(35)33-19-4-6-26(29,30)7-5-19)13-32-22(15-2-3-15)21(23)16-10-17(27)12-18(28)11-16/h10-13,15,19H,2-9,14,31H2,1H3,(H,33,35)/t25-/m0/s1. The van der Waals surface area contributed by atoms with Crippen molar-refractivity contribution in [3.63, 3.8) is 0 Å². The van der Waals surface area contributed by atoms with Gasteiger partial charge in [0.2, 0.25) is 5.92 Å². The summed E-state index contributed by atoms with van der Waals surface area (Å²) in [6, 6.07) is 2.97. The van der Waals surface area contributed by atoms with Crippen LogP contribution in [0.5, 0.6) is 0 Å². The number of halogens is 4. The van der Waals surface area contributed by atoms with Crippen LogP contribution in [0.1, 0.15) is 73.8 Å². The lowest BCUT2D eigenvalue weighted by Crippen LogP contribution is -2.42. The molecule has 2 heterocycles. The predicted molar refractivity (Wildman–Crippen MR) is 126 cm³/mol. The zero-order chi connectivity index (χ0) is 25.0. The maximum absolute atomic E-state index is 14.3. The Labute approximate surface area is 202 Å². The second-order valence-corrected chi connectivity index (χ2v) is 10.6. The molecule has 5 nitrogen and oxygen atoms in total. The fourth-order valence-electron chi connectivity index (χ4n) is 5.28. The quantitative estimate of drug-likeness (QED) is 0.570. The molecule has 1 aromatic heterocycles. The first-order valence-corrected chi connectivity index (χ1v) is 12.2. The molecule has 188 valence electrons. The van der Waals surface area contributed by atoms with Gasteiger partial charge in [0.1, 0.15) is 11.6 Å². The third-order valence-electron chi connectivity index (χ3n) is 7.31. The summed E-state index contributed by atoms with van der Waals surface area (Å²) in [5, 5.41) is 2.90. The molecule has 2 aliphatic carbocycles. The average molecular weight is 491 g/mol. The molecule has 1 atom stereocenters. The number of carbonyl (C=O) groups is 1. The van der Waals surface area contributed by atoms with Crippen LogP contribution in [-0.2, 0) is 0 Å². The minimum absolute atomic E-state index is 0.152. The van der Waals surface area contributed by atoms with Crippen molar-refractivity contribution in [1.82, 2.24) is 10.3 Å². The van der Waals surface area contributed by atoms with Crippen LogP contribution in [0.15, 0.2) is 24.4 Å². The molecule has 2 aromatic rings. The molecule has 1 aromatic carbocycles. The fourth-order valence-corrected chi connectivity index (χ4v) is 5.28. The summed E-state index contributed by atoms with van der Waals surface area (Å²) < 4.78 is 55.8. The van der Waals surface area contributed by atoms with Crippen molar-refractivity contribution in [3.05, 3.63) is 47.3 Å². The molecule has 0 unspecified atom stereocenters. The van der Waals surface area contributed by atoms with Crippen molar-refractivity contribution in [2.75, 3.05) is 18.0 Å². The van der Waals surface area contributed by atoms with E-state index in [0.29, 0.717) is 42.0 Å². The number of benzene rings is 1. The molecule has 1 saturated heterocycles. The molecule has 5 rings (SSSR count). The van der Waals surface area contributed by atoms with E-state index in [1.807, 2.05) is 11.8 Å². The van der Waals surface area contributed by atoms with Crippen LogP contribution in [0.4, 0.5) is 23.2 Å². The van der Waals surface area contributed by atoms with Gasteiger partial charge in [-0.25, -0.2) is 17.6 Å². The lowest BCUT2D eigenvalue weighted by Gasteiger charge is -2.31. The van der Waals surface area contributed by atoms with E-state index in [9.17, 15) is 22.4 Å². The summed E-state index contributed by atoms with van der Waals surface area (Å²) in [5.41, 5.74) is 8.32. The first-order chi connectivity index (χ1) is 16.5. The summed E-state index contributed by atoms with van der Waals surface area (Å²) in [4.78, 5) is 20.1. The van der Waals surface area contributed by atoms with Gasteiger partial charge in [0.05, 0.1) is 16.9 Å². The molecule has 2 saturated carbocycles. The highest BCUT2D eigenvalue weighted by Gasteiger charge is 2.39. The van der Waals surface area contributed by atoms with Crippen LogP contribution in [-0.4, -0.2) is 41.5 Å². The topological polar surface area (TPSA) is 71.2 Å². The number of hydrogen-bond acceptors (Lipinski definition) is 4. The van der Waals surface area contributed by atoms with Crippen molar-refractivity contribution in [1.29, 1.82) is 0 Å². The Kier molecular flexibility index (Phi) is 6.02. The van der Waals surface area contributed by atoms with Crippen LogP contribution < -0.4 is 16.0 Å². The van der Waals surface area contributed by atoms with Crippen molar-refractivity contribution >= 4 is 11.6 Å². The van der Waals surface area contributed by atoms with E-state index in [2.05, 4.69) is 10.3 Å². The number of pyridine rings is 1. The van der Waals surface area contributed by atoms with Gasteiger partial charge in [0, 0.05) is 61.3 Å². The van der Waals surface area contributed by atoms with Gasteiger partial charge in [-0.3, -0.25) is 9.78 Å². The van der Waals surface area contributed by atoms with E-state index < -0.39 is 29.0 Å². The highest BCUT2D eigenvalue weighted by molar-refractivity contribution is 6.04. The molecule has 3 N–H and O–H groups in total. The van der Waals surface area contributed by atoms with E-state index in [1.165, 1.54) is 18.3 Å². The predicted octanol–water partition coefficient (Wildman–Crippen LogP) is 5.14. The highest BCUT2D eigenvalue weighted by Crippen LogP contribution is 2.48. The Morgan fingerprint density at radius 1 is 1.09 bits per heavy atom. The number of nitrogens with zero attached hydrogens (tertiary/aromatic N) is 2. The SMILES string of the molecule is C[C@]1(N)CCN(c2c(C(=O)NC3CCC(F)(F)CC3)cnc(C3CC3)c2-c2cc(F)cc(F)c2)C1. The number of nitrogens with two attached hydrogens (primary N) is 1. The van der Waals surface area contributed by atoms with E-state index >= 15 is 0 Å². The van der Waals surface area contributed by atoms with Crippen molar-refractivity contribution in [3.8, 4) is 11.1 Å². The molecule has 3 fully saturated rings. The van der Waals surface area contributed by atoms with Crippen molar-refractivity contribution < 1.29 is 22.4 Å². The minimum Gasteiger partial charge on any atom is -0.368 e. The number of aromatic nitrogens is 1. The maximum Gasteiger partial charge on any atom is 0.255 e. The summed E-state index contributed by atoms with van der Waals surface area (Å²) in [5.74, 6) is -4.39. The fraction of sp³-hybridized carbons (Fsp3) is 0.538. The smallest absolute Gasteiger partial charge is 0.255 e. The van der Waals surface area contributed by atoms with E-state index in [1.54, 1.807) is 0 Å². The minimum atomic E-state index is -2.70. The molecule has 1 aliphatic heterocycles. The summed E-state index contributed by atoms with van der Waals surface area (Å²) in [7, 11) is 0. The molecule has 0 radical (unpaired) electrons. The lowest BCUT2D eigenvalue weighted by molar-refractivity contribution is -0.0399. The molecule has 0 bridgehead atoms. The molecule has 1 amide bonds. The molecule has 9 heteroatoms. The Morgan fingerprint density at radius 3 is 2.31 bits per heavy atom. The van der Waals surface area contributed by atoms with Crippen LogP contribution in [0, 0.1) is 11.6 Å². The monoisotopic (exact) mass is 490 g/mol. The number of carbonyl (C=O) groups excluding carboxylic acids is 1. The van der Waals surface area contributed by atoms with E-state index in [0.717, 1.165) is 18.9 Å². The van der Waals surface area contributed by atoms with Gasteiger partial charge in [-0.1, -0.05) is 0 Å². The van der Waals surface area contributed by atoms with Gasteiger partial charge in [-0.2, -0.15) is 0 Å². The Balaban J connectivity index is 1.60. The van der Waals surface area contributed by atoms with Gasteiger partial charge >= 0.3 is 0 Å². The maximum atomic E-state index is 14.3. The van der Waals surface area contributed by atoms with Crippen LogP contribution in [0.2, 0.25) is 0 Å². The van der Waals surface area contributed by atoms with Gasteiger partial charge in [-0.05, 0) is 56.7 Å². The number of hydrogen-bond donors (Lipinski definition) is 2. The normalized spacial score (nSPS) is 24.6. The average Bonchev–Trinajstić information content (AvgIpc) is 3.56. The second-order valence-electron chi connectivity index (χ2n) is 10.6. The number of rotatable bonds is 5. The number of nitrogens with one attached hydrogen (secondary N) is 1. The molecule has 0 spiro atoms. The Morgan fingerprint density at radius 2 is 1.74 bits per heavy atom.